The highest BCUT2D eigenvalue weighted by molar-refractivity contribution is 6.09. The van der Waals surface area contributed by atoms with Crippen molar-refractivity contribution in [2.45, 2.75) is 18.9 Å². The molecule has 0 saturated carbocycles. The van der Waals surface area contributed by atoms with Crippen LogP contribution in [-0.2, 0) is 21.5 Å². The summed E-state index contributed by atoms with van der Waals surface area (Å²) in [6.45, 7) is 1.42. The summed E-state index contributed by atoms with van der Waals surface area (Å²) in [5.41, 5.74) is -0.332. The number of nitrogens with zero attached hydrogens (tertiary/aromatic N) is 1. The first kappa shape index (κ1) is 19.7. The van der Waals surface area contributed by atoms with Gasteiger partial charge in [0.25, 0.3) is 5.91 Å². The molecule has 156 valence electrons. The van der Waals surface area contributed by atoms with Crippen LogP contribution in [0.2, 0.25) is 0 Å². The SMILES string of the molecule is C[C@]1(c2ccc3c(c2)OCO3)NC(=O)N(CC(=O)NCCc2ccccc2F)C1=O. The Bertz CT molecular complexity index is 1030. The first-order valence-corrected chi connectivity index (χ1v) is 9.43. The monoisotopic (exact) mass is 413 g/mol. The van der Waals surface area contributed by atoms with E-state index in [1.165, 1.54) is 6.07 Å². The van der Waals surface area contributed by atoms with Crippen LogP contribution in [0, 0.1) is 5.82 Å². The van der Waals surface area contributed by atoms with E-state index in [2.05, 4.69) is 10.6 Å². The summed E-state index contributed by atoms with van der Waals surface area (Å²) < 4.78 is 24.2. The van der Waals surface area contributed by atoms with Crippen molar-refractivity contribution in [1.82, 2.24) is 15.5 Å². The minimum Gasteiger partial charge on any atom is -0.454 e. The van der Waals surface area contributed by atoms with Gasteiger partial charge in [-0.3, -0.25) is 14.5 Å². The minimum absolute atomic E-state index is 0.0922. The fourth-order valence-corrected chi connectivity index (χ4v) is 3.48. The molecule has 2 aliphatic rings. The number of benzene rings is 2. The van der Waals surface area contributed by atoms with Gasteiger partial charge in [0.1, 0.15) is 17.9 Å². The van der Waals surface area contributed by atoms with E-state index in [1.807, 2.05) is 0 Å². The van der Waals surface area contributed by atoms with Crippen LogP contribution in [0.4, 0.5) is 9.18 Å². The normalized spacial score (nSPS) is 19.7. The lowest BCUT2D eigenvalue weighted by atomic mass is 9.91. The van der Waals surface area contributed by atoms with E-state index in [0.717, 1.165) is 4.90 Å². The molecule has 0 aromatic heterocycles. The third-order valence-corrected chi connectivity index (χ3v) is 5.20. The quantitative estimate of drug-likeness (QED) is 0.703. The average molecular weight is 413 g/mol. The molecule has 2 aromatic rings. The summed E-state index contributed by atoms with van der Waals surface area (Å²) in [6.07, 6.45) is 0.299. The smallest absolute Gasteiger partial charge is 0.325 e. The van der Waals surface area contributed by atoms with Gasteiger partial charge >= 0.3 is 6.03 Å². The molecule has 0 spiro atoms. The lowest BCUT2D eigenvalue weighted by Gasteiger charge is -2.22. The van der Waals surface area contributed by atoms with E-state index in [4.69, 9.17) is 9.47 Å². The Labute approximate surface area is 171 Å². The van der Waals surface area contributed by atoms with E-state index in [9.17, 15) is 18.8 Å². The second-order valence-electron chi connectivity index (χ2n) is 7.21. The van der Waals surface area contributed by atoms with Crippen LogP contribution >= 0.6 is 0 Å². The number of nitrogens with one attached hydrogen (secondary N) is 2. The number of imide groups is 1. The molecule has 8 nitrogen and oxygen atoms in total. The highest BCUT2D eigenvalue weighted by Crippen LogP contribution is 2.37. The van der Waals surface area contributed by atoms with Crippen LogP contribution in [0.1, 0.15) is 18.1 Å². The maximum Gasteiger partial charge on any atom is 0.325 e. The lowest BCUT2D eigenvalue weighted by Crippen LogP contribution is -2.43. The zero-order chi connectivity index (χ0) is 21.3. The van der Waals surface area contributed by atoms with Crippen LogP contribution in [0.5, 0.6) is 11.5 Å². The Balaban J connectivity index is 1.39. The Morgan fingerprint density at radius 2 is 1.97 bits per heavy atom. The van der Waals surface area contributed by atoms with Crippen molar-refractivity contribution in [3.63, 3.8) is 0 Å². The number of amides is 4. The molecule has 0 unspecified atom stereocenters. The summed E-state index contributed by atoms with van der Waals surface area (Å²) >= 11 is 0. The molecule has 2 aromatic carbocycles. The zero-order valence-corrected chi connectivity index (χ0v) is 16.2. The minimum atomic E-state index is -1.33. The molecule has 4 rings (SSSR count). The molecule has 0 aliphatic carbocycles. The second kappa shape index (κ2) is 7.66. The number of rotatable bonds is 6. The van der Waals surface area contributed by atoms with Gasteiger partial charge < -0.3 is 20.1 Å². The molecule has 2 aliphatic heterocycles. The van der Waals surface area contributed by atoms with Gasteiger partial charge in [-0.25, -0.2) is 9.18 Å². The molecule has 2 N–H and O–H groups in total. The van der Waals surface area contributed by atoms with Crippen LogP contribution < -0.4 is 20.1 Å². The highest BCUT2D eigenvalue weighted by Gasteiger charge is 2.49. The predicted octanol–water partition coefficient (Wildman–Crippen LogP) is 1.68. The molecule has 1 fully saturated rings. The standard InChI is InChI=1S/C21H20FN3O5/c1-21(14-6-7-16-17(10-14)30-12-29-16)19(27)25(20(28)24-21)11-18(26)23-9-8-13-4-2-3-5-15(13)22/h2-7,10H,8-9,11-12H2,1H3,(H,23,26)(H,24,28)/t21-/m1/s1. The number of urea groups is 1. The molecule has 1 atom stereocenters. The van der Waals surface area contributed by atoms with Crippen LogP contribution in [0.15, 0.2) is 42.5 Å². The number of hydrogen-bond donors (Lipinski definition) is 2. The predicted molar refractivity (Wildman–Crippen MR) is 103 cm³/mol. The molecule has 1 saturated heterocycles. The van der Waals surface area contributed by atoms with E-state index < -0.39 is 29.9 Å². The Morgan fingerprint density at radius 3 is 2.77 bits per heavy atom. The third kappa shape index (κ3) is 3.54. The topological polar surface area (TPSA) is 97.0 Å². The molecular weight excluding hydrogens is 393 g/mol. The Kier molecular flexibility index (Phi) is 5.03. The average Bonchev–Trinajstić information content (AvgIpc) is 3.28. The highest BCUT2D eigenvalue weighted by atomic mass is 19.1. The largest absolute Gasteiger partial charge is 0.454 e. The molecule has 0 bridgehead atoms. The number of fused-ring (bicyclic) bond motifs is 1. The van der Waals surface area contributed by atoms with Crippen LogP contribution in [0.3, 0.4) is 0 Å². The number of halogens is 1. The van der Waals surface area contributed by atoms with Gasteiger partial charge in [-0.2, -0.15) is 0 Å². The fraction of sp³-hybridized carbons (Fsp3) is 0.286. The fourth-order valence-electron chi connectivity index (χ4n) is 3.48. The summed E-state index contributed by atoms with van der Waals surface area (Å²) in [6, 6.07) is 10.6. The van der Waals surface area contributed by atoms with E-state index in [0.29, 0.717) is 29.0 Å². The van der Waals surface area contributed by atoms with E-state index >= 15 is 0 Å². The molecule has 4 amide bonds. The van der Waals surface area contributed by atoms with Gasteiger partial charge in [-0.05, 0) is 42.7 Å². The summed E-state index contributed by atoms with van der Waals surface area (Å²) in [7, 11) is 0. The Hall–Kier alpha value is -3.62. The van der Waals surface area contributed by atoms with Gasteiger partial charge in [0, 0.05) is 6.54 Å². The van der Waals surface area contributed by atoms with E-state index in [-0.39, 0.29) is 19.2 Å². The van der Waals surface area contributed by atoms with Crippen molar-refractivity contribution in [3.8, 4) is 11.5 Å². The summed E-state index contributed by atoms with van der Waals surface area (Å²) in [5, 5.41) is 5.26. The van der Waals surface area contributed by atoms with Crippen LogP contribution in [-0.4, -0.2) is 42.6 Å². The van der Waals surface area contributed by atoms with Gasteiger partial charge in [-0.15, -0.1) is 0 Å². The molecule has 2 heterocycles. The third-order valence-electron chi connectivity index (χ3n) is 5.20. The van der Waals surface area contributed by atoms with Gasteiger partial charge in [0.05, 0.1) is 0 Å². The molecular formula is C21H20FN3O5. The van der Waals surface area contributed by atoms with Crippen molar-refractivity contribution in [1.29, 1.82) is 0 Å². The number of carbonyl (C=O) groups is 3. The first-order valence-electron chi connectivity index (χ1n) is 9.43. The maximum absolute atomic E-state index is 13.6. The lowest BCUT2D eigenvalue weighted by molar-refractivity contribution is -0.134. The number of ether oxygens (including phenoxy) is 2. The first-order chi connectivity index (χ1) is 14.4. The second-order valence-corrected chi connectivity index (χ2v) is 7.21. The molecule has 30 heavy (non-hydrogen) atoms. The van der Waals surface area contributed by atoms with Gasteiger partial charge in [0.15, 0.2) is 11.5 Å². The van der Waals surface area contributed by atoms with Crippen molar-refractivity contribution in [3.05, 3.63) is 59.4 Å². The van der Waals surface area contributed by atoms with Gasteiger partial charge in [-0.1, -0.05) is 24.3 Å². The summed E-state index contributed by atoms with van der Waals surface area (Å²) in [4.78, 5) is 38.5. The Morgan fingerprint density at radius 1 is 1.20 bits per heavy atom. The molecule has 0 radical (unpaired) electrons. The van der Waals surface area contributed by atoms with Crippen molar-refractivity contribution in [2.75, 3.05) is 19.9 Å². The van der Waals surface area contributed by atoms with Crippen molar-refractivity contribution >= 4 is 17.8 Å². The van der Waals surface area contributed by atoms with Crippen molar-refractivity contribution in [2.24, 2.45) is 0 Å². The number of carbonyl (C=O) groups excluding carboxylic acids is 3. The van der Waals surface area contributed by atoms with Crippen molar-refractivity contribution < 1.29 is 28.2 Å². The zero-order valence-electron chi connectivity index (χ0n) is 16.2. The summed E-state index contributed by atoms with van der Waals surface area (Å²) in [5.74, 6) is -0.356. The number of hydrogen-bond acceptors (Lipinski definition) is 5. The maximum atomic E-state index is 13.6. The molecule has 9 heteroatoms. The van der Waals surface area contributed by atoms with Crippen LogP contribution in [0.25, 0.3) is 0 Å². The van der Waals surface area contributed by atoms with E-state index in [1.54, 1.807) is 43.3 Å². The van der Waals surface area contributed by atoms with Gasteiger partial charge in [0.2, 0.25) is 12.7 Å².